The molecule has 0 aliphatic rings. The number of thiazole rings is 1. The number of sulfone groups is 1. The van der Waals surface area contributed by atoms with Crippen molar-refractivity contribution in [3.05, 3.63) is 53.9 Å². The largest absolute Gasteiger partial charge is 0.497 e. The molecule has 170 valence electrons. The van der Waals surface area contributed by atoms with Gasteiger partial charge >= 0.3 is 0 Å². The van der Waals surface area contributed by atoms with E-state index in [1.807, 2.05) is 29.6 Å². The van der Waals surface area contributed by atoms with Crippen LogP contribution < -0.4 is 14.8 Å². The smallest absolute Gasteiger partial charge is 0.226 e. The fraction of sp³-hybridized carbons (Fsp3) is 0.304. The highest BCUT2D eigenvalue weighted by molar-refractivity contribution is 7.91. The van der Waals surface area contributed by atoms with E-state index in [0.29, 0.717) is 17.5 Å². The van der Waals surface area contributed by atoms with E-state index in [9.17, 15) is 13.2 Å². The number of rotatable bonds is 11. The van der Waals surface area contributed by atoms with Crippen LogP contribution in [0.2, 0.25) is 0 Å². The van der Waals surface area contributed by atoms with Gasteiger partial charge in [-0.2, -0.15) is 0 Å². The first kappa shape index (κ1) is 23.7. The van der Waals surface area contributed by atoms with Gasteiger partial charge in [0.15, 0.2) is 15.0 Å². The minimum Gasteiger partial charge on any atom is -0.497 e. The summed E-state index contributed by atoms with van der Waals surface area (Å²) in [6.07, 6.45) is 1.26. The van der Waals surface area contributed by atoms with Crippen molar-refractivity contribution in [2.24, 2.45) is 0 Å². The summed E-state index contributed by atoms with van der Waals surface area (Å²) in [4.78, 5) is 16.9. The molecule has 0 saturated carbocycles. The third-order valence-corrected chi connectivity index (χ3v) is 7.18. The predicted octanol–water partition coefficient (Wildman–Crippen LogP) is 4.80. The maximum absolute atomic E-state index is 12.4. The van der Waals surface area contributed by atoms with Crippen LogP contribution in [0, 0.1) is 0 Å². The summed E-state index contributed by atoms with van der Waals surface area (Å²) in [6, 6.07) is 13.9. The number of carbonyl (C=O) groups excluding carboxylic acids is 1. The fourth-order valence-corrected chi connectivity index (χ4v) is 4.96. The monoisotopic (exact) mass is 474 g/mol. The third kappa shape index (κ3) is 6.54. The van der Waals surface area contributed by atoms with E-state index >= 15 is 0 Å². The highest BCUT2D eigenvalue weighted by Gasteiger charge is 2.16. The van der Waals surface area contributed by atoms with Crippen LogP contribution in [0.3, 0.4) is 0 Å². The molecule has 3 rings (SSSR count). The Kier molecular flexibility index (Phi) is 8.24. The van der Waals surface area contributed by atoms with Gasteiger partial charge in [-0.3, -0.25) is 4.79 Å². The average Bonchev–Trinajstić information content (AvgIpc) is 3.26. The van der Waals surface area contributed by atoms with Gasteiger partial charge in [0.05, 0.1) is 30.1 Å². The molecule has 0 fully saturated rings. The zero-order chi connectivity index (χ0) is 23.0. The molecule has 0 aliphatic heterocycles. The molecule has 9 heteroatoms. The number of amides is 1. The Balaban J connectivity index is 1.49. The third-order valence-electron chi connectivity index (χ3n) is 4.61. The van der Waals surface area contributed by atoms with Crippen molar-refractivity contribution in [2.45, 2.75) is 31.1 Å². The zero-order valence-corrected chi connectivity index (χ0v) is 19.7. The molecule has 0 saturated heterocycles. The predicted molar refractivity (Wildman–Crippen MR) is 126 cm³/mol. The van der Waals surface area contributed by atoms with Crippen molar-refractivity contribution in [1.29, 1.82) is 0 Å². The van der Waals surface area contributed by atoms with Crippen molar-refractivity contribution in [3.63, 3.8) is 0 Å². The van der Waals surface area contributed by atoms with Crippen LogP contribution in [-0.4, -0.2) is 38.8 Å². The highest BCUT2D eigenvalue weighted by atomic mass is 32.2. The molecule has 0 unspecified atom stereocenters. The number of hydrogen-bond donors (Lipinski definition) is 1. The van der Waals surface area contributed by atoms with E-state index in [0.717, 1.165) is 23.4 Å². The molecule has 1 amide bonds. The van der Waals surface area contributed by atoms with Gasteiger partial charge in [0.2, 0.25) is 5.91 Å². The lowest BCUT2D eigenvalue weighted by Crippen LogP contribution is -2.14. The van der Waals surface area contributed by atoms with Crippen molar-refractivity contribution < 1.29 is 22.7 Å². The molecule has 7 nitrogen and oxygen atoms in total. The second kappa shape index (κ2) is 11.1. The first-order valence-electron chi connectivity index (χ1n) is 10.3. The van der Waals surface area contributed by atoms with Crippen LogP contribution in [0.4, 0.5) is 5.13 Å². The normalized spacial score (nSPS) is 11.2. The Morgan fingerprint density at radius 2 is 1.75 bits per heavy atom. The van der Waals surface area contributed by atoms with Gasteiger partial charge in [-0.1, -0.05) is 6.92 Å². The summed E-state index contributed by atoms with van der Waals surface area (Å²) in [5.74, 6) is 1.03. The van der Waals surface area contributed by atoms with Crippen LogP contribution in [0.5, 0.6) is 11.5 Å². The van der Waals surface area contributed by atoms with Gasteiger partial charge in [-0.05, 0) is 61.4 Å². The highest BCUT2D eigenvalue weighted by Crippen LogP contribution is 2.27. The van der Waals surface area contributed by atoms with Gasteiger partial charge in [-0.25, -0.2) is 13.4 Å². The molecular formula is C23H26N2O5S2. The first-order valence-corrected chi connectivity index (χ1v) is 12.8. The zero-order valence-electron chi connectivity index (χ0n) is 18.0. The number of aromatic nitrogens is 1. The number of benzene rings is 2. The van der Waals surface area contributed by atoms with E-state index < -0.39 is 9.84 Å². The number of anilines is 1. The molecular weight excluding hydrogens is 448 g/mol. The van der Waals surface area contributed by atoms with Gasteiger partial charge in [0.25, 0.3) is 0 Å². The Morgan fingerprint density at radius 3 is 2.41 bits per heavy atom. The number of nitrogens with zero attached hydrogens (tertiary/aromatic N) is 1. The van der Waals surface area contributed by atoms with Crippen molar-refractivity contribution in [3.8, 4) is 22.8 Å². The van der Waals surface area contributed by atoms with Crippen molar-refractivity contribution in [2.75, 3.05) is 24.8 Å². The van der Waals surface area contributed by atoms with Crippen molar-refractivity contribution >= 4 is 32.2 Å². The molecule has 0 bridgehead atoms. The molecule has 32 heavy (non-hydrogen) atoms. The number of methoxy groups -OCH3 is 1. The average molecular weight is 475 g/mol. The van der Waals surface area contributed by atoms with E-state index in [2.05, 4.69) is 17.2 Å². The summed E-state index contributed by atoms with van der Waals surface area (Å²) in [6.45, 7) is 2.73. The van der Waals surface area contributed by atoms with E-state index in [-0.39, 0.29) is 29.4 Å². The number of nitrogens with one attached hydrogen (secondary N) is 1. The number of ether oxygens (including phenoxy) is 2. The maximum atomic E-state index is 12.4. The topological polar surface area (TPSA) is 94.6 Å². The SMILES string of the molecule is CCCOc1ccc(-c2csc(NC(=O)CCCS(=O)(=O)c3ccc(OC)cc3)n2)cc1. The lowest BCUT2D eigenvalue weighted by molar-refractivity contribution is -0.116. The molecule has 0 atom stereocenters. The molecule has 1 heterocycles. The van der Waals surface area contributed by atoms with Crippen LogP contribution in [-0.2, 0) is 14.6 Å². The molecule has 2 aromatic carbocycles. The summed E-state index contributed by atoms with van der Waals surface area (Å²) in [7, 11) is -1.93. The fourth-order valence-electron chi connectivity index (χ4n) is 2.91. The van der Waals surface area contributed by atoms with Gasteiger partial charge in [-0.15, -0.1) is 11.3 Å². The lowest BCUT2D eigenvalue weighted by Gasteiger charge is -2.06. The molecule has 3 aromatic rings. The van der Waals surface area contributed by atoms with Gasteiger partial charge in [0.1, 0.15) is 11.5 Å². The van der Waals surface area contributed by atoms with Gasteiger partial charge in [0, 0.05) is 17.4 Å². The quantitative estimate of drug-likeness (QED) is 0.429. The Bertz CT molecular complexity index is 1120. The molecule has 1 aromatic heterocycles. The molecule has 1 N–H and O–H groups in total. The van der Waals surface area contributed by atoms with E-state index in [1.54, 1.807) is 12.1 Å². The molecule has 0 spiro atoms. The summed E-state index contributed by atoms with van der Waals surface area (Å²) >= 11 is 1.33. The second-order valence-corrected chi connectivity index (χ2v) is 10.0. The lowest BCUT2D eigenvalue weighted by atomic mass is 10.2. The summed E-state index contributed by atoms with van der Waals surface area (Å²) in [5.41, 5.74) is 1.69. The number of hydrogen-bond acceptors (Lipinski definition) is 7. The maximum Gasteiger partial charge on any atom is 0.226 e. The summed E-state index contributed by atoms with van der Waals surface area (Å²) < 4.78 is 35.5. The van der Waals surface area contributed by atoms with E-state index in [1.165, 1.54) is 30.6 Å². The van der Waals surface area contributed by atoms with E-state index in [4.69, 9.17) is 9.47 Å². The van der Waals surface area contributed by atoms with Crippen molar-refractivity contribution in [1.82, 2.24) is 4.98 Å². The van der Waals surface area contributed by atoms with Gasteiger partial charge < -0.3 is 14.8 Å². The molecule has 0 radical (unpaired) electrons. The van der Waals surface area contributed by atoms with Crippen LogP contribution in [0.25, 0.3) is 11.3 Å². The standard InChI is InChI=1S/C23H26N2O5S2/c1-3-14-30-19-8-6-17(7-9-19)21-16-31-23(24-21)25-22(26)5-4-15-32(27,28)20-12-10-18(29-2)11-13-20/h6-13,16H,3-5,14-15H2,1-2H3,(H,24,25,26). The molecule has 0 aliphatic carbocycles. The summed E-state index contributed by atoms with van der Waals surface area (Å²) in [5, 5.41) is 5.09. The Labute approximate surface area is 192 Å². The minimum absolute atomic E-state index is 0.0910. The van der Waals surface area contributed by atoms with Crippen LogP contribution >= 0.6 is 11.3 Å². The number of carbonyl (C=O) groups is 1. The Hall–Kier alpha value is -2.91. The minimum atomic E-state index is -3.45. The first-order chi connectivity index (χ1) is 15.4. The second-order valence-electron chi connectivity index (χ2n) is 7.06. The van der Waals surface area contributed by atoms with Crippen LogP contribution in [0.1, 0.15) is 26.2 Å². The Morgan fingerprint density at radius 1 is 1.06 bits per heavy atom. The van der Waals surface area contributed by atoms with Crippen LogP contribution in [0.15, 0.2) is 58.8 Å².